The van der Waals surface area contributed by atoms with Gasteiger partial charge in [-0.1, -0.05) is 41.3 Å². The molecule has 0 spiro atoms. The molecule has 0 radical (unpaired) electrons. The molecule has 22 heavy (non-hydrogen) atoms. The van der Waals surface area contributed by atoms with E-state index in [2.05, 4.69) is 26.4 Å². The van der Waals surface area contributed by atoms with Crippen molar-refractivity contribution in [2.45, 2.75) is 11.3 Å². The van der Waals surface area contributed by atoms with Crippen molar-refractivity contribution in [3.63, 3.8) is 0 Å². The monoisotopic (exact) mass is 337 g/mol. The van der Waals surface area contributed by atoms with E-state index in [9.17, 15) is 9.59 Å². The lowest BCUT2D eigenvalue weighted by Gasteiger charge is -2.06. The number of aromatic nitrogens is 2. The van der Waals surface area contributed by atoms with Crippen LogP contribution in [0.5, 0.6) is 0 Å². The lowest BCUT2D eigenvalue weighted by Crippen LogP contribution is -2.42. The Balaban J connectivity index is 1.72. The predicted octanol–water partition coefficient (Wildman–Crippen LogP) is 1.52. The first-order valence-corrected chi connectivity index (χ1v) is 8.33. The summed E-state index contributed by atoms with van der Waals surface area (Å²) in [4.78, 5) is 23.4. The molecule has 3 N–H and O–H groups in total. The molecule has 0 unspecified atom stereocenters. The van der Waals surface area contributed by atoms with Crippen molar-refractivity contribution in [3.8, 4) is 0 Å². The van der Waals surface area contributed by atoms with Gasteiger partial charge in [-0.05, 0) is 19.1 Å². The molecule has 7 nitrogen and oxygen atoms in total. The average Bonchev–Trinajstić information content (AvgIpc) is 2.99. The summed E-state index contributed by atoms with van der Waals surface area (Å²) in [6.07, 6.45) is 0. The number of nitrogens with one attached hydrogen (secondary N) is 3. The van der Waals surface area contributed by atoms with Crippen molar-refractivity contribution < 1.29 is 9.59 Å². The Morgan fingerprint density at radius 3 is 2.68 bits per heavy atom. The number of nitrogens with zero attached hydrogens (tertiary/aromatic N) is 2. The molecule has 0 saturated carbocycles. The number of thioether (sulfide) groups is 1. The third kappa shape index (κ3) is 5.01. The van der Waals surface area contributed by atoms with Crippen LogP contribution in [0.4, 0.5) is 5.13 Å². The Hall–Kier alpha value is -2.13. The number of anilines is 1. The van der Waals surface area contributed by atoms with Crippen LogP contribution in [0.3, 0.4) is 0 Å². The van der Waals surface area contributed by atoms with E-state index in [4.69, 9.17) is 0 Å². The van der Waals surface area contributed by atoms with Gasteiger partial charge in [-0.3, -0.25) is 20.4 Å². The third-order valence-corrected chi connectivity index (χ3v) is 4.43. The number of hydrogen-bond donors (Lipinski definition) is 3. The number of carbonyl (C=O) groups excluding carboxylic acids is 2. The van der Waals surface area contributed by atoms with E-state index in [1.807, 2.05) is 13.0 Å². The largest absolute Gasteiger partial charge is 0.360 e. The maximum atomic E-state index is 11.7. The van der Waals surface area contributed by atoms with E-state index in [0.29, 0.717) is 9.90 Å². The van der Waals surface area contributed by atoms with Crippen molar-refractivity contribution in [1.82, 2.24) is 21.0 Å². The fourth-order valence-electron chi connectivity index (χ4n) is 1.44. The molecule has 0 saturated heterocycles. The molecule has 0 fully saturated rings. The zero-order chi connectivity index (χ0) is 15.8. The summed E-state index contributed by atoms with van der Waals surface area (Å²) in [5.41, 5.74) is 5.21. The minimum Gasteiger partial charge on any atom is -0.360 e. The zero-order valence-electron chi connectivity index (χ0n) is 11.8. The Bertz CT molecular complexity index is 632. The SMILES string of the molecule is CCNc1nnc(SCC(=O)NNC(=O)c2ccccc2)s1. The molecule has 1 aromatic carbocycles. The molecule has 0 aliphatic rings. The highest BCUT2D eigenvalue weighted by Crippen LogP contribution is 2.24. The van der Waals surface area contributed by atoms with Crippen LogP contribution in [-0.2, 0) is 4.79 Å². The molecule has 2 aromatic rings. The van der Waals surface area contributed by atoms with Crippen molar-refractivity contribution >= 4 is 40.0 Å². The summed E-state index contributed by atoms with van der Waals surface area (Å²) in [6, 6.07) is 8.66. The summed E-state index contributed by atoms with van der Waals surface area (Å²) in [5.74, 6) is -0.519. The molecule has 2 rings (SSSR count). The Morgan fingerprint density at radius 2 is 1.95 bits per heavy atom. The average molecular weight is 337 g/mol. The van der Waals surface area contributed by atoms with Gasteiger partial charge in [0.1, 0.15) is 0 Å². The quantitative estimate of drug-likeness (QED) is 0.546. The standard InChI is InChI=1S/C13H15N5O2S2/c1-2-14-12-17-18-13(22-12)21-8-10(19)15-16-11(20)9-6-4-3-5-7-9/h3-7H,2,8H2,1H3,(H,14,17)(H,15,19)(H,16,20). The van der Waals surface area contributed by atoms with Crippen LogP contribution < -0.4 is 16.2 Å². The van der Waals surface area contributed by atoms with Gasteiger partial charge in [-0.25, -0.2) is 0 Å². The Morgan fingerprint density at radius 1 is 1.18 bits per heavy atom. The van der Waals surface area contributed by atoms with Gasteiger partial charge in [-0.15, -0.1) is 10.2 Å². The maximum absolute atomic E-state index is 11.7. The normalized spacial score (nSPS) is 10.0. The van der Waals surface area contributed by atoms with Gasteiger partial charge >= 0.3 is 0 Å². The van der Waals surface area contributed by atoms with Gasteiger partial charge < -0.3 is 5.32 Å². The minimum absolute atomic E-state index is 0.149. The van der Waals surface area contributed by atoms with E-state index in [1.165, 1.54) is 23.1 Å². The van der Waals surface area contributed by atoms with Crippen molar-refractivity contribution in [3.05, 3.63) is 35.9 Å². The molecule has 0 aliphatic carbocycles. The van der Waals surface area contributed by atoms with Crippen LogP contribution >= 0.6 is 23.1 Å². The molecule has 0 bridgehead atoms. The molecule has 0 atom stereocenters. The number of carbonyl (C=O) groups is 2. The van der Waals surface area contributed by atoms with Crippen molar-refractivity contribution in [2.24, 2.45) is 0 Å². The van der Waals surface area contributed by atoms with Gasteiger partial charge in [-0.2, -0.15) is 0 Å². The topological polar surface area (TPSA) is 96.0 Å². The Kier molecular flexibility index (Phi) is 6.16. The van der Waals surface area contributed by atoms with E-state index >= 15 is 0 Å². The van der Waals surface area contributed by atoms with Gasteiger partial charge in [0.25, 0.3) is 5.91 Å². The molecule has 2 amide bonds. The van der Waals surface area contributed by atoms with Crippen LogP contribution in [0, 0.1) is 0 Å². The smallest absolute Gasteiger partial charge is 0.269 e. The number of rotatable bonds is 6. The first-order valence-electron chi connectivity index (χ1n) is 6.53. The Labute approximate surface area is 135 Å². The van der Waals surface area contributed by atoms with E-state index < -0.39 is 0 Å². The number of amides is 2. The predicted molar refractivity (Wildman–Crippen MR) is 86.8 cm³/mol. The fraction of sp³-hybridized carbons (Fsp3) is 0.231. The summed E-state index contributed by atoms with van der Waals surface area (Å²) in [7, 11) is 0. The summed E-state index contributed by atoms with van der Waals surface area (Å²) >= 11 is 2.65. The molecule has 0 aliphatic heterocycles. The number of benzene rings is 1. The second-order valence-corrected chi connectivity index (χ2v) is 6.26. The van der Waals surface area contributed by atoms with Gasteiger partial charge in [0, 0.05) is 12.1 Å². The summed E-state index contributed by atoms with van der Waals surface area (Å²) in [5, 5.41) is 11.7. The third-order valence-electron chi connectivity index (χ3n) is 2.41. The maximum Gasteiger partial charge on any atom is 0.269 e. The van der Waals surface area contributed by atoms with Crippen LogP contribution in [0.2, 0.25) is 0 Å². The second kappa shape index (κ2) is 8.35. The second-order valence-electron chi connectivity index (χ2n) is 4.06. The highest BCUT2D eigenvalue weighted by molar-refractivity contribution is 8.01. The highest BCUT2D eigenvalue weighted by Gasteiger charge is 2.09. The lowest BCUT2D eigenvalue weighted by atomic mass is 10.2. The van der Waals surface area contributed by atoms with E-state index in [-0.39, 0.29) is 17.6 Å². The molecule has 9 heteroatoms. The first-order chi connectivity index (χ1) is 10.7. The minimum atomic E-state index is -0.357. The summed E-state index contributed by atoms with van der Waals surface area (Å²) < 4.78 is 0.695. The van der Waals surface area contributed by atoms with E-state index in [1.54, 1.807) is 24.3 Å². The molecule has 1 aromatic heterocycles. The fourth-order valence-corrected chi connectivity index (χ4v) is 3.06. The van der Waals surface area contributed by atoms with Crippen molar-refractivity contribution in [2.75, 3.05) is 17.6 Å². The molecular weight excluding hydrogens is 322 g/mol. The van der Waals surface area contributed by atoms with E-state index in [0.717, 1.165) is 11.7 Å². The number of hydrazine groups is 1. The molecule has 116 valence electrons. The van der Waals surface area contributed by atoms with Gasteiger partial charge in [0.05, 0.1) is 5.75 Å². The zero-order valence-corrected chi connectivity index (χ0v) is 13.5. The highest BCUT2D eigenvalue weighted by atomic mass is 32.2. The first kappa shape index (κ1) is 16.2. The lowest BCUT2D eigenvalue weighted by molar-refractivity contribution is -0.119. The summed E-state index contributed by atoms with van der Waals surface area (Å²) in [6.45, 7) is 2.74. The van der Waals surface area contributed by atoms with Crippen LogP contribution in [-0.4, -0.2) is 34.3 Å². The van der Waals surface area contributed by atoms with Crippen LogP contribution in [0.25, 0.3) is 0 Å². The molecule has 1 heterocycles. The van der Waals surface area contributed by atoms with Crippen LogP contribution in [0.15, 0.2) is 34.7 Å². The van der Waals surface area contributed by atoms with Gasteiger partial charge in [0.2, 0.25) is 11.0 Å². The molecular formula is C13H15N5O2S2. The van der Waals surface area contributed by atoms with Gasteiger partial charge in [0.15, 0.2) is 4.34 Å². The van der Waals surface area contributed by atoms with Crippen molar-refractivity contribution in [1.29, 1.82) is 0 Å². The number of hydrogen-bond acceptors (Lipinski definition) is 7. The van der Waals surface area contributed by atoms with Crippen LogP contribution in [0.1, 0.15) is 17.3 Å².